The van der Waals surface area contributed by atoms with E-state index in [9.17, 15) is 4.79 Å². The Kier molecular flexibility index (Phi) is 7.09. The van der Waals surface area contributed by atoms with Crippen molar-refractivity contribution in [1.82, 2.24) is 0 Å². The van der Waals surface area contributed by atoms with E-state index in [-0.39, 0.29) is 5.78 Å². The van der Waals surface area contributed by atoms with Crippen molar-refractivity contribution in [3.05, 3.63) is 107 Å². The molecular weight excluding hydrogens is 320 g/mol. The van der Waals surface area contributed by atoms with Crippen LogP contribution in [0.2, 0.25) is 0 Å². The summed E-state index contributed by atoms with van der Waals surface area (Å²) in [7, 11) is 0. The summed E-state index contributed by atoms with van der Waals surface area (Å²) in [5, 5.41) is 17.5. The molecule has 0 N–H and O–H groups in total. The van der Waals surface area contributed by atoms with Crippen molar-refractivity contribution in [3.8, 4) is 12.1 Å². The number of nitrogens with zero attached hydrogens (tertiary/aromatic N) is 2. The number of carbonyl (C=O) groups excluding carboxylic acids is 1. The van der Waals surface area contributed by atoms with Crippen LogP contribution in [0, 0.1) is 22.7 Å². The van der Waals surface area contributed by atoms with Gasteiger partial charge < -0.3 is 0 Å². The number of hydrogen-bond donors (Lipinski definition) is 0. The molecule has 0 aliphatic carbocycles. The molecule has 2 aromatic carbocycles. The molecule has 0 saturated heterocycles. The Bertz CT molecular complexity index is 866. The Morgan fingerprint density at radius 3 is 1.38 bits per heavy atom. The monoisotopic (exact) mass is 336 g/mol. The smallest absolute Gasteiger partial charge is 0.178 e. The van der Waals surface area contributed by atoms with E-state index in [4.69, 9.17) is 10.5 Å². The average Bonchev–Trinajstić information content (AvgIpc) is 2.69. The lowest BCUT2D eigenvalue weighted by molar-refractivity contribution is -0.110. The minimum absolute atomic E-state index is 0.112. The van der Waals surface area contributed by atoms with Crippen molar-refractivity contribution < 1.29 is 4.79 Å². The fourth-order valence-electron chi connectivity index (χ4n) is 2.03. The summed E-state index contributed by atoms with van der Waals surface area (Å²) in [6, 6.07) is 18.5. The number of hydrogen-bond acceptors (Lipinski definition) is 3. The summed E-state index contributed by atoms with van der Waals surface area (Å²) >= 11 is 0. The molecule has 2 aromatic rings. The molecule has 0 spiro atoms. The lowest BCUT2D eigenvalue weighted by Gasteiger charge is -1.91. The molecule has 0 aromatic heterocycles. The highest BCUT2D eigenvalue weighted by atomic mass is 16.1. The van der Waals surface area contributed by atoms with Crippen molar-refractivity contribution in [1.29, 1.82) is 10.5 Å². The van der Waals surface area contributed by atoms with Crippen LogP contribution in [0.5, 0.6) is 0 Å². The first-order valence-corrected chi connectivity index (χ1v) is 7.95. The molecule has 0 aliphatic heterocycles. The van der Waals surface area contributed by atoms with Crippen molar-refractivity contribution in [2.75, 3.05) is 0 Å². The molecule has 0 heterocycles. The topological polar surface area (TPSA) is 64.7 Å². The number of allylic oxidation sites excluding steroid dienone is 6. The third-order valence-corrected chi connectivity index (χ3v) is 3.40. The van der Waals surface area contributed by atoms with Crippen LogP contribution in [-0.4, -0.2) is 5.78 Å². The first kappa shape index (κ1) is 18.4. The van der Waals surface area contributed by atoms with Crippen molar-refractivity contribution in [2.45, 2.75) is 0 Å². The van der Waals surface area contributed by atoms with Gasteiger partial charge in [0.15, 0.2) is 5.78 Å². The second-order valence-corrected chi connectivity index (χ2v) is 5.31. The first-order chi connectivity index (χ1) is 12.7. The number of ketones is 1. The molecule has 3 nitrogen and oxygen atoms in total. The van der Waals surface area contributed by atoms with Gasteiger partial charge in [-0.25, -0.2) is 0 Å². The van der Waals surface area contributed by atoms with E-state index in [1.807, 2.05) is 36.4 Å². The Labute approximate surface area is 153 Å². The fraction of sp³-hybridized carbons (Fsp3) is 0. The highest BCUT2D eigenvalue weighted by Gasteiger charge is 1.90. The summed E-state index contributed by atoms with van der Waals surface area (Å²) in [6.45, 7) is 0. The lowest BCUT2D eigenvalue weighted by atomic mass is 10.1. The Balaban J connectivity index is 1.82. The van der Waals surface area contributed by atoms with Crippen molar-refractivity contribution in [3.63, 3.8) is 0 Å². The van der Waals surface area contributed by atoms with E-state index in [2.05, 4.69) is 12.1 Å². The Morgan fingerprint density at radius 2 is 1.04 bits per heavy atom. The van der Waals surface area contributed by atoms with E-state index >= 15 is 0 Å². The third kappa shape index (κ3) is 6.28. The van der Waals surface area contributed by atoms with E-state index in [0.717, 1.165) is 11.1 Å². The maximum atomic E-state index is 11.7. The van der Waals surface area contributed by atoms with E-state index < -0.39 is 0 Å². The van der Waals surface area contributed by atoms with Gasteiger partial charge in [0.1, 0.15) is 0 Å². The molecule has 0 saturated carbocycles. The van der Waals surface area contributed by atoms with Gasteiger partial charge in [-0.05, 0) is 47.5 Å². The second-order valence-electron chi connectivity index (χ2n) is 5.31. The minimum Gasteiger partial charge on any atom is -0.290 e. The number of carbonyl (C=O) groups is 1. The van der Waals surface area contributed by atoms with Crippen LogP contribution in [0.3, 0.4) is 0 Å². The van der Waals surface area contributed by atoms with Crippen LogP contribution in [-0.2, 0) is 4.79 Å². The highest BCUT2D eigenvalue weighted by Crippen LogP contribution is 2.06. The highest BCUT2D eigenvalue weighted by molar-refractivity contribution is 5.99. The van der Waals surface area contributed by atoms with Gasteiger partial charge in [0.05, 0.1) is 23.3 Å². The number of nitriles is 2. The number of benzene rings is 2. The second kappa shape index (κ2) is 10.0. The van der Waals surface area contributed by atoms with E-state index in [0.29, 0.717) is 11.1 Å². The summed E-state index contributed by atoms with van der Waals surface area (Å²) in [4.78, 5) is 11.7. The molecule has 0 atom stereocenters. The molecule has 26 heavy (non-hydrogen) atoms. The SMILES string of the molecule is N#Cc1ccc(C=CC=CC(=O)C=CC=Cc2ccc(C#N)cc2)cc1. The summed E-state index contributed by atoms with van der Waals surface area (Å²) in [5.41, 5.74) is 3.16. The van der Waals surface area contributed by atoms with Gasteiger partial charge in [-0.2, -0.15) is 10.5 Å². The van der Waals surface area contributed by atoms with Gasteiger partial charge in [0, 0.05) is 0 Å². The average molecular weight is 336 g/mol. The van der Waals surface area contributed by atoms with E-state index in [1.54, 1.807) is 48.6 Å². The molecule has 124 valence electrons. The lowest BCUT2D eigenvalue weighted by Crippen LogP contribution is -1.83. The maximum absolute atomic E-state index is 11.7. The van der Waals surface area contributed by atoms with Crippen LogP contribution in [0.4, 0.5) is 0 Å². The van der Waals surface area contributed by atoms with E-state index in [1.165, 1.54) is 12.2 Å². The predicted molar refractivity (Wildman–Crippen MR) is 104 cm³/mol. The summed E-state index contributed by atoms with van der Waals surface area (Å²) in [5.74, 6) is -0.112. The fourth-order valence-corrected chi connectivity index (χ4v) is 2.03. The predicted octanol–water partition coefficient (Wildman–Crippen LogP) is 4.84. The van der Waals surface area contributed by atoms with Gasteiger partial charge in [0.2, 0.25) is 0 Å². The van der Waals surface area contributed by atoms with Gasteiger partial charge in [-0.3, -0.25) is 4.79 Å². The first-order valence-electron chi connectivity index (χ1n) is 7.95. The molecule has 0 amide bonds. The summed E-state index contributed by atoms with van der Waals surface area (Å²) in [6.07, 6.45) is 13.6. The van der Waals surface area contributed by atoms with Gasteiger partial charge in [-0.15, -0.1) is 0 Å². The van der Waals surface area contributed by atoms with Crippen molar-refractivity contribution in [2.24, 2.45) is 0 Å². The molecule has 0 fully saturated rings. The van der Waals surface area contributed by atoms with Crippen LogP contribution in [0.1, 0.15) is 22.3 Å². The van der Waals surface area contributed by atoms with Crippen LogP contribution in [0.15, 0.2) is 85.0 Å². The van der Waals surface area contributed by atoms with Crippen LogP contribution < -0.4 is 0 Å². The quantitative estimate of drug-likeness (QED) is 0.560. The summed E-state index contributed by atoms with van der Waals surface area (Å²) < 4.78 is 0. The molecule has 0 bridgehead atoms. The van der Waals surface area contributed by atoms with Crippen molar-refractivity contribution >= 4 is 17.9 Å². The largest absolute Gasteiger partial charge is 0.290 e. The molecule has 0 aliphatic rings. The van der Waals surface area contributed by atoms with Crippen LogP contribution in [0.25, 0.3) is 12.2 Å². The zero-order chi connectivity index (χ0) is 18.6. The molecule has 2 rings (SSSR count). The van der Waals surface area contributed by atoms with Gasteiger partial charge >= 0.3 is 0 Å². The number of rotatable bonds is 6. The molecule has 0 unspecified atom stereocenters. The third-order valence-electron chi connectivity index (χ3n) is 3.40. The van der Waals surface area contributed by atoms with Gasteiger partial charge in [-0.1, -0.05) is 60.7 Å². The Hall–Kier alpha value is -3.95. The minimum atomic E-state index is -0.112. The standard InChI is InChI=1S/C23H16N2O/c24-17-21-13-9-19(10-14-21)5-1-3-7-23(26)8-4-2-6-20-11-15-22(18-25)16-12-20/h1-16H. The molecular formula is C23H16N2O. The van der Waals surface area contributed by atoms with Gasteiger partial charge in [0.25, 0.3) is 0 Å². The molecule has 0 radical (unpaired) electrons. The van der Waals surface area contributed by atoms with Crippen LogP contribution >= 0.6 is 0 Å². The zero-order valence-corrected chi connectivity index (χ0v) is 14.0. The zero-order valence-electron chi connectivity index (χ0n) is 14.0. The Morgan fingerprint density at radius 1 is 0.654 bits per heavy atom. The maximum Gasteiger partial charge on any atom is 0.178 e. The normalized spacial score (nSPS) is 11.3. The molecule has 3 heteroatoms.